The predicted octanol–water partition coefficient (Wildman–Crippen LogP) is 4.11. The molecule has 0 aliphatic heterocycles. The minimum Gasteiger partial charge on any atom is -0.337 e. The first kappa shape index (κ1) is 15.7. The van der Waals surface area contributed by atoms with Gasteiger partial charge in [-0.3, -0.25) is 4.79 Å². The Hall–Kier alpha value is -2.18. The van der Waals surface area contributed by atoms with Gasteiger partial charge in [-0.2, -0.15) is 4.98 Å². The summed E-state index contributed by atoms with van der Waals surface area (Å²) in [5, 5.41) is 6.34. The maximum absolute atomic E-state index is 12.6. The molecule has 3 aromatic rings. The second-order valence-corrected chi connectivity index (χ2v) is 6.14. The molecule has 2 heterocycles. The molecule has 1 aromatic carbocycles. The lowest BCUT2D eigenvalue weighted by atomic mass is 10.2. The van der Waals surface area contributed by atoms with E-state index in [9.17, 15) is 4.79 Å². The fraction of sp³-hybridized carbons (Fsp3) is 0.188. The number of nitrogens with zero attached hydrogens (tertiary/aromatic N) is 3. The topological polar surface area (TPSA) is 59.2 Å². The van der Waals surface area contributed by atoms with E-state index in [4.69, 9.17) is 16.1 Å². The van der Waals surface area contributed by atoms with Crippen LogP contribution in [-0.2, 0) is 6.54 Å². The molecule has 3 rings (SSSR count). The van der Waals surface area contributed by atoms with E-state index >= 15 is 0 Å². The van der Waals surface area contributed by atoms with Crippen LogP contribution in [0.25, 0.3) is 10.7 Å². The highest BCUT2D eigenvalue weighted by Gasteiger charge is 2.20. The molecular weight excluding hydrogens is 334 g/mol. The normalized spacial score (nSPS) is 10.7. The lowest BCUT2D eigenvalue weighted by Crippen LogP contribution is -2.30. The van der Waals surface area contributed by atoms with Crippen LogP contribution in [0.5, 0.6) is 0 Å². The third kappa shape index (κ3) is 3.43. The lowest BCUT2D eigenvalue weighted by Gasteiger charge is -2.19. The van der Waals surface area contributed by atoms with Crippen molar-refractivity contribution in [2.24, 2.45) is 0 Å². The van der Waals surface area contributed by atoms with Gasteiger partial charge >= 0.3 is 0 Å². The summed E-state index contributed by atoms with van der Waals surface area (Å²) >= 11 is 7.63. The Morgan fingerprint density at radius 3 is 2.83 bits per heavy atom. The van der Waals surface area contributed by atoms with Crippen molar-refractivity contribution in [2.75, 3.05) is 6.54 Å². The molecule has 0 fully saturated rings. The average molecular weight is 348 g/mol. The summed E-state index contributed by atoms with van der Waals surface area (Å²) in [6, 6.07) is 10.8. The molecule has 0 saturated heterocycles. The van der Waals surface area contributed by atoms with Crippen LogP contribution >= 0.6 is 22.9 Å². The van der Waals surface area contributed by atoms with Gasteiger partial charge < -0.3 is 9.42 Å². The quantitative estimate of drug-likeness (QED) is 0.696. The lowest BCUT2D eigenvalue weighted by molar-refractivity contribution is 0.0734. The molecule has 7 heteroatoms. The number of carbonyl (C=O) groups excluding carboxylic acids is 1. The van der Waals surface area contributed by atoms with Crippen molar-refractivity contribution in [3.63, 3.8) is 0 Å². The Balaban J connectivity index is 1.77. The molecule has 0 aliphatic carbocycles. The standard InChI is InChI=1S/C16H14ClN3O2S/c1-2-20(16(21)11-6-3-4-7-12(11)17)10-14-18-15(19-22-14)13-8-5-9-23-13/h3-9H,2,10H2,1H3. The van der Waals surface area contributed by atoms with Crippen molar-refractivity contribution in [3.8, 4) is 10.7 Å². The van der Waals surface area contributed by atoms with E-state index in [1.54, 1.807) is 29.2 Å². The van der Waals surface area contributed by atoms with Crippen LogP contribution in [-0.4, -0.2) is 27.5 Å². The number of amides is 1. The minimum absolute atomic E-state index is 0.158. The van der Waals surface area contributed by atoms with Crippen molar-refractivity contribution in [1.29, 1.82) is 0 Å². The second-order valence-electron chi connectivity index (χ2n) is 4.79. The molecular formula is C16H14ClN3O2S. The first-order chi connectivity index (χ1) is 11.2. The zero-order valence-corrected chi connectivity index (χ0v) is 14.0. The number of hydrogen-bond donors (Lipinski definition) is 0. The zero-order valence-electron chi connectivity index (χ0n) is 12.4. The largest absolute Gasteiger partial charge is 0.337 e. The van der Waals surface area contributed by atoms with Gasteiger partial charge in [0.1, 0.15) is 6.54 Å². The van der Waals surface area contributed by atoms with Gasteiger partial charge in [0.05, 0.1) is 15.5 Å². The predicted molar refractivity (Wildman–Crippen MR) is 89.5 cm³/mol. The van der Waals surface area contributed by atoms with E-state index in [0.717, 1.165) is 4.88 Å². The van der Waals surface area contributed by atoms with Gasteiger partial charge in [-0.05, 0) is 30.5 Å². The van der Waals surface area contributed by atoms with Crippen LogP contribution in [0.3, 0.4) is 0 Å². The van der Waals surface area contributed by atoms with Crippen LogP contribution in [0.4, 0.5) is 0 Å². The molecule has 5 nitrogen and oxygen atoms in total. The SMILES string of the molecule is CCN(Cc1nc(-c2cccs2)no1)C(=O)c1ccccc1Cl. The summed E-state index contributed by atoms with van der Waals surface area (Å²) in [6.45, 7) is 2.66. The van der Waals surface area contributed by atoms with E-state index in [1.165, 1.54) is 11.3 Å². The molecule has 0 saturated carbocycles. The molecule has 2 aromatic heterocycles. The molecule has 0 atom stereocenters. The number of aromatic nitrogens is 2. The van der Waals surface area contributed by atoms with Crippen molar-refractivity contribution < 1.29 is 9.32 Å². The van der Waals surface area contributed by atoms with Crippen LogP contribution in [0.1, 0.15) is 23.2 Å². The third-order valence-electron chi connectivity index (χ3n) is 3.31. The minimum atomic E-state index is -0.158. The molecule has 0 bridgehead atoms. The first-order valence-electron chi connectivity index (χ1n) is 7.09. The first-order valence-corrected chi connectivity index (χ1v) is 8.35. The van der Waals surface area contributed by atoms with Gasteiger partial charge in [-0.25, -0.2) is 0 Å². The van der Waals surface area contributed by atoms with Crippen molar-refractivity contribution in [2.45, 2.75) is 13.5 Å². The number of thiophene rings is 1. The van der Waals surface area contributed by atoms with E-state index in [-0.39, 0.29) is 12.5 Å². The summed E-state index contributed by atoms with van der Waals surface area (Å²) in [7, 11) is 0. The average Bonchev–Trinajstić information content (AvgIpc) is 3.23. The molecule has 23 heavy (non-hydrogen) atoms. The van der Waals surface area contributed by atoms with Crippen molar-refractivity contribution in [1.82, 2.24) is 15.0 Å². The van der Waals surface area contributed by atoms with Crippen LogP contribution < -0.4 is 0 Å². The van der Waals surface area contributed by atoms with Gasteiger partial charge in [-0.1, -0.05) is 35.0 Å². The molecule has 0 radical (unpaired) electrons. The van der Waals surface area contributed by atoms with Gasteiger partial charge in [0.2, 0.25) is 11.7 Å². The Morgan fingerprint density at radius 2 is 2.13 bits per heavy atom. The summed E-state index contributed by atoms with van der Waals surface area (Å²) in [5.41, 5.74) is 0.467. The highest BCUT2D eigenvalue weighted by molar-refractivity contribution is 7.13. The van der Waals surface area contributed by atoms with Gasteiger partial charge in [0.15, 0.2) is 0 Å². The number of benzene rings is 1. The zero-order chi connectivity index (χ0) is 16.2. The highest BCUT2D eigenvalue weighted by atomic mass is 35.5. The van der Waals surface area contributed by atoms with Crippen LogP contribution in [0.15, 0.2) is 46.3 Å². The molecule has 0 spiro atoms. The molecule has 1 amide bonds. The second kappa shape index (κ2) is 6.93. The van der Waals surface area contributed by atoms with Crippen molar-refractivity contribution >= 4 is 28.8 Å². The summed E-state index contributed by atoms with van der Waals surface area (Å²) in [4.78, 5) is 19.5. The fourth-order valence-electron chi connectivity index (χ4n) is 2.12. The third-order valence-corrected chi connectivity index (χ3v) is 4.50. The Morgan fingerprint density at radius 1 is 1.30 bits per heavy atom. The number of carbonyl (C=O) groups is 1. The van der Waals surface area contributed by atoms with E-state index in [2.05, 4.69) is 10.1 Å². The molecule has 118 valence electrons. The summed E-state index contributed by atoms with van der Waals surface area (Å²) in [6.07, 6.45) is 0. The smallest absolute Gasteiger partial charge is 0.255 e. The van der Waals surface area contributed by atoms with E-state index < -0.39 is 0 Å². The van der Waals surface area contributed by atoms with Gasteiger partial charge in [-0.15, -0.1) is 11.3 Å². The fourth-order valence-corrected chi connectivity index (χ4v) is 2.99. The number of halogens is 1. The Labute approximate surface area is 142 Å². The molecule has 0 aliphatic rings. The summed E-state index contributed by atoms with van der Waals surface area (Å²) < 4.78 is 5.26. The number of rotatable bonds is 5. The van der Waals surface area contributed by atoms with Crippen molar-refractivity contribution in [3.05, 3.63) is 58.3 Å². The van der Waals surface area contributed by atoms with Gasteiger partial charge in [0, 0.05) is 6.54 Å². The van der Waals surface area contributed by atoms with E-state index in [0.29, 0.717) is 28.8 Å². The Bertz CT molecular complexity index is 801. The Kier molecular flexibility index (Phi) is 4.73. The highest BCUT2D eigenvalue weighted by Crippen LogP contribution is 2.22. The van der Waals surface area contributed by atoms with Crippen LogP contribution in [0.2, 0.25) is 5.02 Å². The maximum atomic E-state index is 12.6. The summed E-state index contributed by atoms with van der Waals surface area (Å²) in [5.74, 6) is 0.779. The molecule has 0 N–H and O–H groups in total. The van der Waals surface area contributed by atoms with E-state index in [1.807, 2.05) is 24.4 Å². The van der Waals surface area contributed by atoms with Crippen LogP contribution in [0, 0.1) is 0 Å². The maximum Gasteiger partial charge on any atom is 0.255 e. The molecule has 0 unspecified atom stereocenters. The number of hydrogen-bond acceptors (Lipinski definition) is 5. The van der Waals surface area contributed by atoms with Gasteiger partial charge in [0.25, 0.3) is 5.91 Å². The monoisotopic (exact) mass is 347 g/mol.